The maximum absolute atomic E-state index is 12.6. The van der Waals surface area contributed by atoms with Crippen LogP contribution in [0.2, 0.25) is 0 Å². The third-order valence-corrected chi connectivity index (χ3v) is 3.87. The summed E-state index contributed by atoms with van der Waals surface area (Å²) in [6.45, 7) is 0. The average Bonchev–Trinajstić information content (AvgIpc) is 3.01. The number of nitrogens with zero attached hydrogens (tertiary/aromatic N) is 3. The smallest absolute Gasteiger partial charge is 0.348 e. The molecule has 8 heteroatoms. The summed E-state index contributed by atoms with van der Waals surface area (Å²) in [5, 5.41) is 2.92. The van der Waals surface area contributed by atoms with E-state index in [1.165, 1.54) is 11.3 Å². The molecule has 0 aromatic carbocycles. The third-order valence-electron chi connectivity index (χ3n) is 3.05. The van der Waals surface area contributed by atoms with Gasteiger partial charge in [0.25, 0.3) is 0 Å². The number of rotatable bonds is 3. The minimum Gasteiger partial charge on any atom is -0.348 e. The van der Waals surface area contributed by atoms with Crippen LogP contribution in [0.15, 0.2) is 42.2 Å². The number of halogens is 3. The molecule has 0 saturated heterocycles. The minimum atomic E-state index is -4.48. The van der Waals surface area contributed by atoms with Gasteiger partial charge in [0, 0.05) is 12.4 Å². The van der Waals surface area contributed by atoms with E-state index in [9.17, 15) is 13.2 Å². The minimum absolute atomic E-state index is 0.0324. The van der Waals surface area contributed by atoms with Crippen molar-refractivity contribution >= 4 is 22.9 Å². The number of allylic oxidation sites excluding steroid dienone is 2. The second-order valence-electron chi connectivity index (χ2n) is 4.64. The number of hydrogen-bond acceptors (Lipinski definition) is 5. The van der Waals surface area contributed by atoms with E-state index in [-0.39, 0.29) is 12.0 Å². The van der Waals surface area contributed by atoms with Crippen molar-refractivity contribution in [2.24, 2.45) is 0 Å². The van der Waals surface area contributed by atoms with E-state index in [4.69, 9.17) is 0 Å². The van der Waals surface area contributed by atoms with Gasteiger partial charge in [0.2, 0.25) is 5.95 Å². The lowest BCUT2D eigenvalue weighted by atomic mass is 10.0. The maximum atomic E-state index is 12.6. The number of nitrogens with one attached hydrogen (secondary N) is 1. The highest BCUT2D eigenvalue weighted by molar-refractivity contribution is 7.10. The standard InChI is InChI=1S/C14H11F3N4S/c15-14(16,17)12-4-5-19-13(21-12)20-10-3-1-2-9(6-10)11-7-18-8-22-11/h1-2,4-8,10H,3H2,(H,19,20,21). The molecular formula is C14H11F3N4S. The second kappa shape index (κ2) is 5.88. The van der Waals surface area contributed by atoms with E-state index >= 15 is 0 Å². The Bertz CT molecular complexity index is 707. The van der Waals surface area contributed by atoms with E-state index in [1.807, 2.05) is 18.2 Å². The highest BCUT2D eigenvalue weighted by atomic mass is 32.1. The molecule has 114 valence electrons. The zero-order valence-electron chi connectivity index (χ0n) is 11.2. The molecule has 2 aromatic rings. The Hall–Kier alpha value is -2.22. The molecule has 0 radical (unpaired) electrons. The molecule has 0 amide bonds. The molecule has 0 saturated carbocycles. The summed E-state index contributed by atoms with van der Waals surface area (Å²) >= 11 is 1.51. The topological polar surface area (TPSA) is 50.7 Å². The summed E-state index contributed by atoms with van der Waals surface area (Å²) in [7, 11) is 0. The fourth-order valence-electron chi connectivity index (χ4n) is 2.06. The SMILES string of the molecule is FC(F)(F)c1ccnc(NC2C=C(c3cncs3)C=CC2)n1. The van der Waals surface area contributed by atoms with Crippen LogP contribution < -0.4 is 5.32 Å². The summed E-state index contributed by atoms with van der Waals surface area (Å²) in [6.07, 6.45) is 4.90. The first kappa shape index (κ1) is 14.7. The van der Waals surface area contributed by atoms with Crippen molar-refractivity contribution in [3.63, 3.8) is 0 Å². The van der Waals surface area contributed by atoms with Crippen molar-refractivity contribution in [2.45, 2.75) is 18.6 Å². The monoisotopic (exact) mass is 324 g/mol. The van der Waals surface area contributed by atoms with Crippen LogP contribution in [-0.2, 0) is 6.18 Å². The lowest BCUT2D eigenvalue weighted by molar-refractivity contribution is -0.141. The highest BCUT2D eigenvalue weighted by Gasteiger charge is 2.32. The molecular weight excluding hydrogens is 313 g/mol. The Kier molecular flexibility index (Phi) is 3.93. The fraction of sp³-hybridized carbons (Fsp3) is 0.214. The van der Waals surface area contributed by atoms with Gasteiger partial charge in [-0.25, -0.2) is 9.97 Å². The van der Waals surface area contributed by atoms with Gasteiger partial charge in [-0.15, -0.1) is 11.3 Å². The third kappa shape index (κ3) is 3.33. The number of aromatic nitrogens is 3. The van der Waals surface area contributed by atoms with Gasteiger partial charge in [-0.2, -0.15) is 13.2 Å². The predicted molar refractivity (Wildman–Crippen MR) is 78.3 cm³/mol. The van der Waals surface area contributed by atoms with Gasteiger partial charge < -0.3 is 5.32 Å². The van der Waals surface area contributed by atoms with Gasteiger partial charge in [-0.05, 0) is 18.1 Å². The summed E-state index contributed by atoms with van der Waals surface area (Å²) in [4.78, 5) is 12.4. The number of alkyl halides is 3. The van der Waals surface area contributed by atoms with Crippen LogP contribution in [0.3, 0.4) is 0 Å². The van der Waals surface area contributed by atoms with E-state index in [1.54, 1.807) is 11.7 Å². The number of thiazole rings is 1. The molecule has 1 atom stereocenters. The van der Waals surface area contributed by atoms with Gasteiger partial charge in [-0.1, -0.05) is 18.2 Å². The van der Waals surface area contributed by atoms with Crippen molar-refractivity contribution in [3.8, 4) is 0 Å². The van der Waals surface area contributed by atoms with Crippen molar-refractivity contribution in [2.75, 3.05) is 5.32 Å². The summed E-state index contributed by atoms with van der Waals surface area (Å²) < 4.78 is 37.9. The normalized spacial score (nSPS) is 18.1. The van der Waals surface area contributed by atoms with E-state index in [0.717, 1.165) is 22.7 Å². The Morgan fingerprint density at radius 1 is 1.32 bits per heavy atom. The maximum Gasteiger partial charge on any atom is 0.433 e. The summed E-state index contributed by atoms with van der Waals surface area (Å²) in [5.41, 5.74) is 1.76. The zero-order chi connectivity index (χ0) is 15.6. The van der Waals surface area contributed by atoms with Crippen LogP contribution in [0, 0.1) is 0 Å². The lowest BCUT2D eigenvalue weighted by Crippen LogP contribution is -2.21. The van der Waals surface area contributed by atoms with Crippen LogP contribution in [0.25, 0.3) is 5.57 Å². The fourth-order valence-corrected chi connectivity index (χ4v) is 2.69. The van der Waals surface area contributed by atoms with E-state index in [0.29, 0.717) is 6.42 Å². The number of hydrogen-bond donors (Lipinski definition) is 1. The molecule has 0 spiro atoms. The molecule has 3 rings (SSSR count). The van der Waals surface area contributed by atoms with Gasteiger partial charge in [-0.3, -0.25) is 4.98 Å². The van der Waals surface area contributed by atoms with Gasteiger partial charge in [0.15, 0.2) is 0 Å². The Labute approximate surface area is 128 Å². The van der Waals surface area contributed by atoms with Crippen LogP contribution in [0.1, 0.15) is 17.0 Å². The molecule has 1 aliphatic rings. The van der Waals surface area contributed by atoms with E-state index in [2.05, 4.69) is 20.3 Å². The van der Waals surface area contributed by atoms with Crippen LogP contribution >= 0.6 is 11.3 Å². The van der Waals surface area contributed by atoms with Crippen LogP contribution in [-0.4, -0.2) is 21.0 Å². The van der Waals surface area contributed by atoms with Gasteiger partial charge in [0.05, 0.1) is 16.4 Å². The first-order chi connectivity index (χ1) is 10.5. The molecule has 4 nitrogen and oxygen atoms in total. The van der Waals surface area contributed by atoms with Crippen LogP contribution in [0.4, 0.5) is 19.1 Å². The number of anilines is 1. The first-order valence-electron chi connectivity index (χ1n) is 6.46. The molecule has 1 N–H and O–H groups in total. The molecule has 0 bridgehead atoms. The Balaban J connectivity index is 1.78. The molecule has 1 aliphatic carbocycles. The van der Waals surface area contributed by atoms with Crippen molar-refractivity contribution in [1.82, 2.24) is 15.0 Å². The largest absolute Gasteiger partial charge is 0.433 e. The first-order valence-corrected chi connectivity index (χ1v) is 7.34. The molecule has 2 aromatic heterocycles. The van der Waals surface area contributed by atoms with Crippen molar-refractivity contribution < 1.29 is 13.2 Å². The van der Waals surface area contributed by atoms with Crippen molar-refractivity contribution in [3.05, 3.63) is 52.8 Å². The Morgan fingerprint density at radius 3 is 2.91 bits per heavy atom. The van der Waals surface area contributed by atoms with E-state index < -0.39 is 11.9 Å². The van der Waals surface area contributed by atoms with Crippen molar-refractivity contribution in [1.29, 1.82) is 0 Å². The van der Waals surface area contributed by atoms with Crippen LogP contribution in [0.5, 0.6) is 0 Å². The van der Waals surface area contributed by atoms with Gasteiger partial charge in [0.1, 0.15) is 5.69 Å². The molecule has 0 aliphatic heterocycles. The molecule has 22 heavy (non-hydrogen) atoms. The highest BCUT2D eigenvalue weighted by Crippen LogP contribution is 2.28. The summed E-state index contributed by atoms with van der Waals surface area (Å²) in [5.74, 6) is -0.0324. The quantitative estimate of drug-likeness (QED) is 0.933. The van der Waals surface area contributed by atoms with Gasteiger partial charge >= 0.3 is 6.18 Å². The molecule has 0 fully saturated rings. The molecule has 1 unspecified atom stereocenters. The Morgan fingerprint density at radius 2 is 2.18 bits per heavy atom. The second-order valence-corrected chi connectivity index (χ2v) is 5.53. The molecule has 2 heterocycles. The zero-order valence-corrected chi connectivity index (χ0v) is 12.0. The predicted octanol–water partition coefficient (Wildman–Crippen LogP) is 3.78. The lowest BCUT2D eigenvalue weighted by Gasteiger charge is -2.18. The average molecular weight is 324 g/mol. The summed E-state index contributed by atoms with van der Waals surface area (Å²) in [6, 6.07) is 0.690.